The fraction of sp³-hybridized carbons (Fsp3) is 0.143. The van der Waals surface area contributed by atoms with E-state index >= 15 is 0 Å². The number of ether oxygens (including phenoxy) is 2. The fourth-order valence-corrected chi connectivity index (χ4v) is 3.24. The van der Waals surface area contributed by atoms with E-state index in [-0.39, 0.29) is 27.2 Å². The number of halogens is 1. The molecule has 2 aromatic rings. The number of rotatable bonds is 5. The maximum atomic E-state index is 12.5. The van der Waals surface area contributed by atoms with E-state index in [4.69, 9.17) is 21.1 Å². The molecule has 118 valence electrons. The Balaban J connectivity index is 2.46. The summed E-state index contributed by atoms with van der Waals surface area (Å²) in [7, 11) is -1.18. The highest BCUT2D eigenvalue weighted by Gasteiger charge is 2.22. The maximum absolute atomic E-state index is 12.5. The predicted molar refractivity (Wildman–Crippen MR) is 83.5 cm³/mol. The second-order valence-electron chi connectivity index (χ2n) is 4.29. The van der Waals surface area contributed by atoms with Crippen molar-refractivity contribution in [2.45, 2.75) is 4.90 Å². The molecule has 8 heteroatoms. The van der Waals surface area contributed by atoms with Gasteiger partial charge in [0, 0.05) is 17.8 Å². The summed E-state index contributed by atoms with van der Waals surface area (Å²) in [5, 5.41) is 9.46. The molecule has 0 atom stereocenters. The quantitative estimate of drug-likeness (QED) is 0.815. The van der Waals surface area contributed by atoms with Crippen LogP contribution in [-0.4, -0.2) is 27.7 Å². The minimum absolute atomic E-state index is 0.0358. The summed E-state index contributed by atoms with van der Waals surface area (Å²) >= 11 is 5.96. The normalized spacial score (nSPS) is 11.0. The van der Waals surface area contributed by atoms with Gasteiger partial charge in [0.05, 0.1) is 19.2 Å². The standard InChI is InChI=1S/C14H14ClNO5S/c1-20-12-8-14(13(21-2)7-11(12)15)22(18,19)16-9-3-5-10(17)6-4-9/h3-8,16-17H,1-2H3. The van der Waals surface area contributed by atoms with Crippen LogP contribution in [0.5, 0.6) is 17.2 Å². The van der Waals surface area contributed by atoms with Gasteiger partial charge in [-0.3, -0.25) is 4.72 Å². The molecule has 2 rings (SSSR count). The molecule has 0 heterocycles. The van der Waals surface area contributed by atoms with E-state index in [0.717, 1.165) is 0 Å². The molecule has 0 aliphatic carbocycles. The maximum Gasteiger partial charge on any atom is 0.265 e. The van der Waals surface area contributed by atoms with Crippen LogP contribution < -0.4 is 14.2 Å². The number of anilines is 1. The Labute approximate surface area is 133 Å². The van der Waals surface area contributed by atoms with Gasteiger partial charge in [-0.25, -0.2) is 8.42 Å². The monoisotopic (exact) mass is 343 g/mol. The van der Waals surface area contributed by atoms with Crippen molar-refractivity contribution in [3.05, 3.63) is 41.4 Å². The van der Waals surface area contributed by atoms with Crippen molar-refractivity contribution in [1.82, 2.24) is 0 Å². The molecule has 0 saturated heterocycles. The lowest BCUT2D eigenvalue weighted by Crippen LogP contribution is -2.14. The molecule has 6 nitrogen and oxygen atoms in total. The highest BCUT2D eigenvalue weighted by molar-refractivity contribution is 7.92. The molecule has 0 amide bonds. The average molecular weight is 344 g/mol. The van der Waals surface area contributed by atoms with Gasteiger partial charge in [-0.1, -0.05) is 11.6 Å². The molecule has 0 unspecified atom stereocenters. The lowest BCUT2D eigenvalue weighted by molar-refractivity contribution is 0.392. The molecular weight excluding hydrogens is 330 g/mol. The zero-order valence-electron chi connectivity index (χ0n) is 11.8. The van der Waals surface area contributed by atoms with Crippen LogP contribution in [0.15, 0.2) is 41.3 Å². The first-order chi connectivity index (χ1) is 10.4. The lowest BCUT2D eigenvalue weighted by atomic mass is 10.3. The summed E-state index contributed by atoms with van der Waals surface area (Å²) in [6.07, 6.45) is 0. The first kappa shape index (κ1) is 16.3. The average Bonchev–Trinajstić information content (AvgIpc) is 2.48. The van der Waals surface area contributed by atoms with Gasteiger partial charge >= 0.3 is 0 Å². The number of phenols is 1. The van der Waals surface area contributed by atoms with Crippen LogP contribution in [0.4, 0.5) is 5.69 Å². The van der Waals surface area contributed by atoms with Crippen molar-refractivity contribution in [2.24, 2.45) is 0 Å². The van der Waals surface area contributed by atoms with E-state index in [9.17, 15) is 13.5 Å². The summed E-state index contributed by atoms with van der Waals surface area (Å²) in [6.45, 7) is 0. The van der Waals surface area contributed by atoms with Gasteiger partial charge in [0.1, 0.15) is 22.1 Å². The zero-order valence-corrected chi connectivity index (χ0v) is 13.4. The number of nitrogens with one attached hydrogen (secondary N) is 1. The highest BCUT2D eigenvalue weighted by atomic mass is 35.5. The number of phenolic OH excluding ortho intramolecular Hbond substituents is 1. The molecule has 2 aromatic carbocycles. The third kappa shape index (κ3) is 3.37. The Hall–Kier alpha value is -2.12. The van der Waals surface area contributed by atoms with E-state index < -0.39 is 10.0 Å². The van der Waals surface area contributed by atoms with Crippen LogP contribution >= 0.6 is 11.6 Å². The van der Waals surface area contributed by atoms with Crippen LogP contribution in [-0.2, 0) is 10.0 Å². The Kier molecular flexibility index (Phi) is 4.68. The second-order valence-corrected chi connectivity index (χ2v) is 6.35. The minimum Gasteiger partial charge on any atom is -0.508 e. The van der Waals surface area contributed by atoms with Crippen molar-refractivity contribution in [2.75, 3.05) is 18.9 Å². The van der Waals surface area contributed by atoms with Crippen molar-refractivity contribution < 1.29 is 23.0 Å². The Morgan fingerprint density at radius 2 is 1.64 bits per heavy atom. The summed E-state index contributed by atoms with van der Waals surface area (Å²) in [5.41, 5.74) is 0.300. The molecule has 0 spiro atoms. The largest absolute Gasteiger partial charge is 0.508 e. The summed E-state index contributed by atoms with van der Waals surface area (Å²) in [6, 6.07) is 8.27. The number of sulfonamides is 1. The van der Waals surface area contributed by atoms with E-state index in [1.807, 2.05) is 0 Å². The number of aromatic hydroxyl groups is 1. The molecule has 0 saturated carbocycles. The third-order valence-electron chi connectivity index (χ3n) is 2.85. The molecular formula is C14H14ClNO5S. The van der Waals surface area contributed by atoms with Gasteiger partial charge in [0.15, 0.2) is 0 Å². The van der Waals surface area contributed by atoms with E-state index in [1.165, 1.54) is 50.6 Å². The van der Waals surface area contributed by atoms with E-state index in [0.29, 0.717) is 5.69 Å². The number of methoxy groups -OCH3 is 2. The second kappa shape index (κ2) is 6.33. The first-order valence-electron chi connectivity index (χ1n) is 6.10. The van der Waals surface area contributed by atoms with Gasteiger partial charge in [-0.15, -0.1) is 0 Å². The van der Waals surface area contributed by atoms with Gasteiger partial charge in [0.25, 0.3) is 10.0 Å². The van der Waals surface area contributed by atoms with Crippen molar-refractivity contribution >= 4 is 27.3 Å². The van der Waals surface area contributed by atoms with Crippen molar-refractivity contribution in [1.29, 1.82) is 0 Å². The van der Waals surface area contributed by atoms with Gasteiger partial charge in [-0.05, 0) is 24.3 Å². The smallest absolute Gasteiger partial charge is 0.265 e. The minimum atomic E-state index is -3.91. The highest BCUT2D eigenvalue weighted by Crippen LogP contribution is 2.35. The van der Waals surface area contributed by atoms with Crippen LogP contribution in [0.3, 0.4) is 0 Å². The molecule has 22 heavy (non-hydrogen) atoms. The van der Waals surface area contributed by atoms with Crippen LogP contribution in [0.1, 0.15) is 0 Å². The summed E-state index contributed by atoms with van der Waals surface area (Å²) in [4.78, 5) is -0.107. The molecule has 2 N–H and O–H groups in total. The number of benzene rings is 2. The summed E-state index contributed by atoms with van der Waals surface area (Å²) < 4.78 is 37.5. The summed E-state index contributed by atoms with van der Waals surface area (Å²) in [5.74, 6) is 0.347. The van der Waals surface area contributed by atoms with Crippen LogP contribution in [0.25, 0.3) is 0 Å². The van der Waals surface area contributed by atoms with E-state index in [1.54, 1.807) is 0 Å². The third-order valence-corrected chi connectivity index (χ3v) is 4.54. The SMILES string of the molecule is COc1cc(S(=O)(=O)Nc2ccc(O)cc2)c(OC)cc1Cl. The molecule has 0 bridgehead atoms. The van der Waals surface area contributed by atoms with Crippen LogP contribution in [0.2, 0.25) is 5.02 Å². The van der Waals surface area contributed by atoms with Crippen molar-refractivity contribution in [3.63, 3.8) is 0 Å². The molecule has 0 aliphatic rings. The van der Waals surface area contributed by atoms with Crippen molar-refractivity contribution in [3.8, 4) is 17.2 Å². The van der Waals surface area contributed by atoms with Gasteiger partial charge < -0.3 is 14.6 Å². The topological polar surface area (TPSA) is 84.9 Å². The first-order valence-corrected chi connectivity index (χ1v) is 7.97. The molecule has 0 fully saturated rings. The Morgan fingerprint density at radius 3 is 2.18 bits per heavy atom. The zero-order chi connectivity index (χ0) is 16.3. The van der Waals surface area contributed by atoms with Gasteiger partial charge in [-0.2, -0.15) is 0 Å². The van der Waals surface area contributed by atoms with Gasteiger partial charge in [0.2, 0.25) is 0 Å². The molecule has 0 aromatic heterocycles. The Bertz CT molecular complexity index is 775. The number of hydrogen-bond donors (Lipinski definition) is 2. The van der Waals surface area contributed by atoms with Crippen LogP contribution in [0, 0.1) is 0 Å². The predicted octanol–water partition coefficient (Wildman–Crippen LogP) is 2.86. The lowest BCUT2D eigenvalue weighted by Gasteiger charge is -2.14. The molecule has 0 radical (unpaired) electrons. The van der Waals surface area contributed by atoms with E-state index in [2.05, 4.69) is 4.72 Å². The fourth-order valence-electron chi connectivity index (χ4n) is 1.78. The Morgan fingerprint density at radius 1 is 1.05 bits per heavy atom. The molecule has 0 aliphatic heterocycles. The number of hydrogen-bond acceptors (Lipinski definition) is 5.